The number of rotatable bonds is 6. The molecular formula is C27H36N4O2. The fourth-order valence-corrected chi connectivity index (χ4v) is 5.95. The maximum Gasteiger partial charge on any atom is 0.325 e. The highest BCUT2D eigenvalue weighted by Gasteiger charge is 2.33. The minimum Gasteiger partial charge on any atom is -0.480 e. The van der Waals surface area contributed by atoms with Crippen LogP contribution in [0.3, 0.4) is 0 Å². The van der Waals surface area contributed by atoms with Gasteiger partial charge in [0, 0.05) is 31.4 Å². The number of carbonyl (C=O) groups is 1. The van der Waals surface area contributed by atoms with Gasteiger partial charge in [-0.05, 0) is 81.1 Å². The maximum absolute atomic E-state index is 12.0. The lowest BCUT2D eigenvalue weighted by Crippen LogP contribution is -2.49. The zero-order valence-corrected chi connectivity index (χ0v) is 19.5. The summed E-state index contributed by atoms with van der Waals surface area (Å²) in [5.74, 6) is 1.08. The van der Waals surface area contributed by atoms with Crippen LogP contribution < -0.4 is 5.32 Å². The number of aromatic nitrogens is 1. The fraction of sp³-hybridized carbons (Fsp3) is 0.556. The van der Waals surface area contributed by atoms with Crippen molar-refractivity contribution < 1.29 is 9.90 Å². The molecule has 33 heavy (non-hydrogen) atoms. The first kappa shape index (κ1) is 22.4. The molecular weight excluding hydrogens is 412 g/mol. The predicted molar refractivity (Wildman–Crippen MR) is 130 cm³/mol. The van der Waals surface area contributed by atoms with Crippen LogP contribution in [-0.4, -0.2) is 64.6 Å². The lowest BCUT2D eigenvalue weighted by Gasteiger charge is -2.43. The van der Waals surface area contributed by atoms with E-state index in [1.165, 1.54) is 30.5 Å². The number of nitrogens with zero attached hydrogens (tertiary/aromatic N) is 3. The molecule has 0 radical (unpaired) electrons. The monoisotopic (exact) mass is 448 g/mol. The van der Waals surface area contributed by atoms with Gasteiger partial charge in [0.2, 0.25) is 0 Å². The lowest BCUT2D eigenvalue weighted by atomic mass is 9.89. The second-order valence-electron chi connectivity index (χ2n) is 9.94. The van der Waals surface area contributed by atoms with Gasteiger partial charge in [0.25, 0.3) is 0 Å². The van der Waals surface area contributed by atoms with Gasteiger partial charge in [0.05, 0.1) is 0 Å². The Kier molecular flexibility index (Phi) is 6.93. The van der Waals surface area contributed by atoms with Crippen molar-refractivity contribution in [3.05, 3.63) is 59.3 Å². The van der Waals surface area contributed by atoms with Crippen LogP contribution in [0.5, 0.6) is 0 Å². The number of hydrogen-bond donors (Lipinski definition) is 2. The third-order valence-corrected chi connectivity index (χ3v) is 7.83. The summed E-state index contributed by atoms with van der Waals surface area (Å²) in [5.41, 5.74) is 3.48. The Bertz CT molecular complexity index is 934. The van der Waals surface area contributed by atoms with E-state index in [1.807, 2.05) is 30.3 Å². The molecule has 0 bridgehead atoms. The number of carboxylic acid groups (broad SMARTS) is 1. The molecule has 2 fully saturated rings. The number of benzene rings is 1. The molecule has 0 amide bonds. The Hall–Kier alpha value is -2.44. The van der Waals surface area contributed by atoms with E-state index in [9.17, 15) is 9.90 Å². The molecule has 1 unspecified atom stereocenters. The third kappa shape index (κ3) is 5.22. The predicted octanol–water partition coefficient (Wildman–Crippen LogP) is 3.98. The van der Waals surface area contributed by atoms with Crippen LogP contribution >= 0.6 is 0 Å². The number of nitrogens with one attached hydrogen (secondary N) is 1. The van der Waals surface area contributed by atoms with Crippen LogP contribution in [0, 0.1) is 5.92 Å². The van der Waals surface area contributed by atoms with Crippen LogP contribution in [0.2, 0.25) is 0 Å². The van der Waals surface area contributed by atoms with E-state index in [0.29, 0.717) is 12.0 Å². The quantitative estimate of drug-likeness (QED) is 0.697. The van der Waals surface area contributed by atoms with Crippen LogP contribution in [0.25, 0.3) is 0 Å². The topological polar surface area (TPSA) is 68.7 Å². The van der Waals surface area contributed by atoms with Gasteiger partial charge >= 0.3 is 5.97 Å². The number of anilines is 1. The van der Waals surface area contributed by atoms with E-state index in [0.717, 1.165) is 69.8 Å². The number of carboxylic acids is 1. The van der Waals surface area contributed by atoms with E-state index in [4.69, 9.17) is 4.98 Å². The number of hydrogen-bond acceptors (Lipinski definition) is 5. The van der Waals surface area contributed by atoms with Gasteiger partial charge in [-0.25, -0.2) is 4.98 Å². The second-order valence-corrected chi connectivity index (χ2v) is 9.94. The number of fused-ring (bicyclic) bond motifs is 1. The molecule has 2 saturated heterocycles. The Morgan fingerprint density at radius 2 is 1.79 bits per heavy atom. The van der Waals surface area contributed by atoms with Gasteiger partial charge in [-0.2, -0.15) is 0 Å². The molecule has 6 nitrogen and oxygen atoms in total. The first-order chi connectivity index (χ1) is 16.2. The number of pyridine rings is 1. The molecule has 1 aromatic carbocycles. The van der Waals surface area contributed by atoms with E-state index in [2.05, 4.69) is 27.2 Å². The average molecular weight is 449 g/mol. The van der Waals surface area contributed by atoms with Gasteiger partial charge < -0.3 is 15.3 Å². The number of aryl methyl sites for hydroxylation is 1. The van der Waals surface area contributed by atoms with Crippen molar-refractivity contribution in [3.63, 3.8) is 0 Å². The first-order valence-corrected chi connectivity index (χ1v) is 12.7. The highest BCUT2D eigenvalue weighted by Crippen LogP contribution is 2.30. The van der Waals surface area contributed by atoms with Gasteiger partial charge in [-0.15, -0.1) is 0 Å². The van der Waals surface area contributed by atoms with Gasteiger partial charge in [0.1, 0.15) is 11.9 Å². The lowest BCUT2D eigenvalue weighted by molar-refractivity contribution is -0.144. The van der Waals surface area contributed by atoms with Crippen LogP contribution in [-0.2, 0) is 17.6 Å². The molecule has 1 aromatic heterocycles. The fourth-order valence-electron chi connectivity index (χ4n) is 5.95. The Morgan fingerprint density at radius 3 is 2.52 bits per heavy atom. The molecule has 176 valence electrons. The normalized spacial score (nSPS) is 21.8. The highest BCUT2D eigenvalue weighted by molar-refractivity contribution is 5.75. The standard InChI is InChI=1S/C27H36N4O2/c32-27(33)25(21-5-2-1-3-6-21)31-17-12-24(13-18-31)30-15-10-20(11-16-30)19-23-9-8-22-7-4-14-28-26(22)29-23/h1-3,5-6,8-9,20,24-25H,4,7,10-19H2,(H,28,29)(H,32,33). The van der Waals surface area contributed by atoms with Crippen molar-refractivity contribution in [2.45, 2.75) is 57.0 Å². The molecule has 0 saturated carbocycles. The van der Waals surface area contributed by atoms with Gasteiger partial charge in [0.15, 0.2) is 0 Å². The molecule has 2 N–H and O–H groups in total. The summed E-state index contributed by atoms with van der Waals surface area (Å²) in [6, 6.07) is 14.2. The number of piperidine rings is 2. The molecule has 5 rings (SSSR count). The summed E-state index contributed by atoms with van der Waals surface area (Å²) in [7, 11) is 0. The minimum absolute atomic E-state index is 0.531. The van der Waals surface area contributed by atoms with Crippen molar-refractivity contribution in [1.29, 1.82) is 0 Å². The molecule has 3 aliphatic rings. The Balaban J connectivity index is 1.11. The molecule has 0 aliphatic carbocycles. The van der Waals surface area contributed by atoms with Crippen molar-refractivity contribution in [1.82, 2.24) is 14.8 Å². The van der Waals surface area contributed by atoms with E-state index in [1.54, 1.807) is 0 Å². The Morgan fingerprint density at radius 1 is 1.03 bits per heavy atom. The summed E-state index contributed by atoms with van der Waals surface area (Å²) in [6.07, 6.45) is 8.00. The summed E-state index contributed by atoms with van der Waals surface area (Å²) in [5, 5.41) is 13.3. The zero-order valence-electron chi connectivity index (χ0n) is 19.5. The third-order valence-electron chi connectivity index (χ3n) is 7.83. The molecule has 3 aliphatic heterocycles. The number of likely N-dealkylation sites (tertiary alicyclic amines) is 2. The molecule has 1 atom stereocenters. The van der Waals surface area contributed by atoms with Crippen LogP contribution in [0.4, 0.5) is 5.82 Å². The second kappa shape index (κ2) is 10.2. The van der Waals surface area contributed by atoms with Crippen molar-refractivity contribution in [2.75, 3.05) is 38.0 Å². The minimum atomic E-state index is -0.744. The maximum atomic E-state index is 12.0. The SMILES string of the molecule is O=C(O)C(c1ccccc1)N1CCC(N2CCC(Cc3ccc4c(n3)NCCC4)CC2)CC1. The first-order valence-electron chi connectivity index (χ1n) is 12.7. The molecule has 2 aromatic rings. The molecule has 0 spiro atoms. The summed E-state index contributed by atoms with van der Waals surface area (Å²) < 4.78 is 0. The van der Waals surface area contributed by atoms with E-state index >= 15 is 0 Å². The van der Waals surface area contributed by atoms with Crippen LogP contribution in [0.1, 0.15) is 55.0 Å². The van der Waals surface area contributed by atoms with Crippen molar-refractivity contribution in [3.8, 4) is 0 Å². The van der Waals surface area contributed by atoms with Gasteiger partial charge in [-0.1, -0.05) is 36.4 Å². The highest BCUT2D eigenvalue weighted by atomic mass is 16.4. The summed E-state index contributed by atoms with van der Waals surface area (Å²) in [6.45, 7) is 5.04. The number of aliphatic carboxylic acids is 1. The smallest absolute Gasteiger partial charge is 0.325 e. The average Bonchev–Trinajstić information content (AvgIpc) is 2.86. The molecule has 4 heterocycles. The summed E-state index contributed by atoms with van der Waals surface area (Å²) >= 11 is 0. The largest absolute Gasteiger partial charge is 0.480 e. The van der Waals surface area contributed by atoms with E-state index < -0.39 is 12.0 Å². The molecule has 6 heteroatoms. The van der Waals surface area contributed by atoms with E-state index in [-0.39, 0.29) is 0 Å². The van der Waals surface area contributed by atoms with Gasteiger partial charge in [-0.3, -0.25) is 9.69 Å². The Labute approximate surface area is 197 Å². The van der Waals surface area contributed by atoms with Crippen LogP contribution in [0.15, 0.2) is 42.5 Å². The van der Waals surface area contributed by atoms with Crippen molar-refractivity contribution >= 4 is 11.8 Å². The summed E-state index contributed by atoms with van der Waals surface area (Å²) in [4.78, 5) is 21.7. The van der Waals surface area contributed by atoms with Crippen molar-refractivity contribution in [2.24, 2.45) is 5.92 Å². The zero-order chi connectivity index (χ0) is 22.6.